The molecule has 0 saturated heterocycles. The number of fused-ring (bicyclic) bond motifs is 1. The second-order valence-electron chi connectivity index (χ2n) is 6.19. The van der Waals surface area contributed by atoms with Gasteiger partial charge in [-0.15, -0.1) is 0 Å². The van der Waals surface area contributed by atoms with Crippen molar-refractivity contribution in [3.63, 3.8) is 0 Å². The minimum atomic E-state index is -1.00. The zero-order chi connectivity index (χ0) is 15.8. The van der Waals surface area contributed by atoms with Crippen molar-refractivity contribution in [2.75, 3.05) is 5.32 Å². The number of rotatable bonds is 4. The first-order valence-corrected chi connectivity index (χ1v) is 6.75. The lowest BCUT2D eigenvalue weighted by Crippen LogP contribution is -2.51. The van der Waals surface area contributed by atoms with Gasteiger partial charge in [0.05, 0.1) is 22.2 Å². The second kappa shape index (κ2) is 5.00. The third kappa shape index (κ3) is 2.97. The van der Waals surface area contributed by atoms with Crippen molar-refractivity contribution < 1.29 is 15.0 Å². The van der Waals surface area contributed by atoms with Gasteiger partial charge in [-0.2, -0.15) is 0 Å². The number of hydrogen-bond donors (Lipinski definition) is 3. The molecule has 0 unspecified atom stereocenters. The molecule has 0 aliphatic heterocycles. The summed E-state index contributed by atoms with van der Waals surface area (Å²) in [4.78, 5) is 15.9. The predicted molar refractivity (Wildman–Crippen MR) is 82.7 cm³/mol. The molecule has 0 radical (unpaired) electrons. The molecule has 1 aromatic heterocycles. The van der Waals surface area contributed by atoms with Gasteiger partial charge in [0, 0.05) is 5.39 Å². The Labute approximate surface area is 123 Å². The van der Waals surface area contributed by atoms with Crippen molar-refractivity contribution in [3.8, 4) is 0 Å². The molecule has 0 atom stereocenters. The first-order chi connectivity index (χ1) is 9.62. The lowest BCUT2D eigenvalue weighted by molar-refractivity contribution is 0.0239. The summed E-state index contributed by atoms with van der Waals surface area (Å²) >= 11 is 0. The highest BCUT2D eigenvalue weighted by atomic mass is 16.4. The van der Waals surface area contributed by atoms with Crippen molar-refractivity contribution in [3.05, 3.63) is 35.9 Å². The van der Waals surface area contributed by atoms with Gasteiger partial charge in [0.2, 0.25) is 0 Å². The van der Waals surface area contributed by atoms with E-state index in [1.165, 1.54) is 6.07 Å². The summed E-state index contributed by atoms with van der Waals surface area (Å²) in [5.74, 6) is -0.573. The summed E-state index contributed by atoms with van der Waals surface area (Å²) < 4.78 is 0. The summed E-state index contributed by atoms with van der Waals surface area (Å²) in [6, 6.07) is 8.59. The number of hydrogen-bond acceptors (Lipinski definition) is 4. The van der Waals surface area contributed by atoms with Crippen LogP contribution >= 0.6 is 0 Å². The zero-order valence-corrected chi connectivity index (χ0v) is 12.6. The van der Waals surface area contributed by atoms with Gasteiger partial charge in [0.25, 0.3) is 0 Å². The number of aromatic carboxylic acids is 1. The molecule has 0 bridgehead atoms. The quantitative estimate of drug-likeness (QED) is 0.805. The molecule has 112 valence electrons. The predicted octanol–water partition coefficient (Wildman–Crippen LogP) is 2.89. The Hall–Kier alpha value is -2.14. The van der Waals surface area contributed by atoms with Crippen LogP contribution in [0.5, 0.6) is 0 Å². The average molecular weight is 288 g/mol. The topological polar surface area (TPSA) is 82.5 Å². The van der Waals surface area contributed by atoms with Crippen molar-refractivity contribution >= 4 is 22.7 Å². The van der Waals surface area contributed by atoms with E-state index < -0.39 is 17.1 Å². The van der Waals surface area contributed by atoms with E-state index in [0.29, 0.717) is 16.7 Å². The average Bonchev–Trinajstić information content (AvgIpc) is 2.35. The molecule has 0 saturated carbocycles. The summed E-state index contributed by atoms with van der Waals surface area (Å²) in [6.45, 7) is 7.06. The van der Waals surface area contributed by atoms with E-state index in [1.54, 1.807) is 32.0 Å². The number of aromatic nitrogens is 1. The second-order valence-corrected chi connectivity index (χ2v) is 6.19. The van der Waals surface area contributed by atoms with Gasteiger partial charge < -0.3 is 15.5 Å². The molecule has 0 spiro atoms. The lowest BCUT2D eigenvalue weighted by Gasteiger charge is -2.38. The largest absolute Gasteiger partial charge is 0.478 e. The van der Waals surface area contributed by atoms with Crippen LogP contribution in [0.4, 0.5) is 5.82 Å². The number of carboxylic acids is 1. The Balaban J connectivity index is 2.54. The lowest BCUT2D eigenvalue weighted by atomic mass is 9.86. The van der Waals surface area contributed by atoms with Gasteiger partial charge in [0.1, 0.15) is 5.82 Å². The standard InChI is InChI=1S/C16H20N2O3/c1-15(2,16(3,4)21)18-13-9-11(14(19)20)10-7-5-6-8-12(10)17-13/h5-9,21H,1-4H3,(H,17,18)(H,19,20). The highest BCUT2D eigenvalue weighted by Gasteiger charge is 2.35. The Morgan fingerprint density at radius 3 is 2.38 bits per heavy atom. The van der Waals surface area contributed by atoms with Crippen LogP contribution < -0.4 is 5.32 Å². The van der Waals surface area contributed by atoms with E-state index in [1.807, 2.05) is 19.9 Å². The van der Waals surface area contributed by atoms with Crippen molar-refractivity contribution in [1.29, 1.82) is 0 Å². The molecule has 2 rings (SSSR count). The maximum atomic E-state index is 11.4. The Morgan fingerprint density at radius 2 is 1.81 bits per heavy atom. The van der Waals surface area contributed by atoms with Crippen LogP contribution in [0.25, 0.3) is 10.9 Å². The van der Waals surface area contributed by atoms with E-state index in [2.05, 4.69) is 10.3 Å². The normalized spacial score (nSPS) is 12.4. The third-order valence-electron chi connectivity index (χ3n) is 3.92. The molecule has 0 aliphatic rings. The molecule has 1 heterocycles. The van der Waals surface area contributed by atoms with Gasteiger partial charge in [-0.05, 0) is 39.8 Å². The molecule has 5 nitrogen and oxygen atoms in total. The van der Waals surface area contributed by atoms with Crippen molar-refractivity contribution in [2.24, 2.45) is 0 Å². The van der Waals surface area contributed by atoms with Gasteiger partial charge in [0.15, 0.2) is 0 Å². The van der Waals surface area contributed by atoms with Crippen LogP contribution in [-0.2, 0) is 0 Å². The van der Waals surface area contributed by atoms with Gasteiger partial charge >= 0.3 is 5.97 Å². The highest BCUT2D eigenvalue weighted by molar-refractivity contribution is 6.03. The van der Waals surface area contributed by atoms with Crippen LogP contribution in [0, 0.1) is 0 Å². The number of aliphatic hydroxyl groups is 1. The van der Waals surface area contributed by atoms with Crippen LogP contribution in [0.1, 0.15) is 38.1 Å². The molecule has 3 N–H and O–H groups in total. The number of carboxylic acid groups (broad SMARTS) is 1. The van der Waals surface area contributed by atoms with Crippen LogP contribution in [-0.4, -0.2) is 32.3 Å². The summed E-state index contributed by atoms with van der Waals surface area (Å²) in [7, 11) is 0. The number of pyridine rings is 1. The number of para-hydroxylation sites is 1. The van der Waals surface area contributed by atoms with Gasteiger partial charge in [-0.3, -0.25) is 0 Å². The fraction of sp³-hybridized carbons (Fsp3) is 0.375. The Bertz CT molecular complexity index is 687. The maximum absolute atomic E-state index is 11.4. The number of anilines is 1. The molecule has 21 heavy (non-hydrogen) atoms. The number of benzene rings is 1. The molecule has 0 amide bonds. The minimum Gasteiger partial charge on any atom is -0.478 e. The highest BCUT2D eigenvalue weighted by Crippen LogP contribution is 2.27. The molecule has 0 aliphatic carbocycles. The summed E-state index contributed by atoms with van der Waals surface area (Å²) in [5, 5.41) is 23.3. The number of nitrogens with zero attached hydrogens (tertiary/aromatic N) is 1. The van der Waals surface area contributed by atoms with Gasteiger partial charge in [-0.1, -0.05) is 18.2 Å². The minimum absolute atomic E-state index is 0.189. The van der Waals surface area contributed by atoms with Crippen LogP contribution in [0.3, 0.4) is 0 Å². The van der Waals surface area contributed by atoms with E-state index in [-0.39, 0.29) is 5.56 Å². The Kier molecular flexibility index (Phi) is 3.63. The molecule has 1 aromatic carbocycles. The first kappa shape index (κ1) is 15.3. The van der Waals surface area contributed by atoms with E-state index in [4.69, 9.17) is 0 Å². The molecule has 5 heteroatoms. The van der Waals surface area contributed by atoms with Crippen molar-refractivity contribution in [2.45, 2.75) is 38.8 Å². The number of nitrogens with one attached hydrogen (secondary N) is 1. The molecular weight excluding hydrogens is 268 g/mol. The third-order valence-corrected chi connectivity index (χ3v) is 3.92. The SMILES string of the molecule is CC(C)(O)C(C)(C)Nc1cc(C(=O)O)c2ccccc2n1. The van der Waals surface area contributed by atoms with Crippen LogP contribution in [0.2, 0.25) is 0 Å². The molecule has 0 fully saturated rings. The maximum Gasteiger partial charge on any atom is 0.336 e. The fourth-order valence-corrected chi connectivity index (χ4v) is 1.89. The number of carbonyl (C=O) groups is 1. The smallest absolute Gasteiger partial charge is 0.336 e. The van der Waals surface area contributed by atoms with E-state index in [9.17, 15) is 15.0 Å². The fourth-order valence-electron chi connectivity index (χ4n) is 1.89. The molecular formula is C16H20N2O3. The summed E-state index contributed by atoms with van der Waals surface area (Å²) in [5.41, 5.74) is -0.872. The van der Waals surface area contributed by atoms with E-state index in [0.717, 1.165) is 0 Å². The van der Waals surface area contributed by atoms with Gasteiger partial charge in [-0.25, -0.2) is 9.78 Å². The zero-order valence-electron chi connectivity index (χ0n) is 12.6. The van der Waals surface area contributed by atoms with E-state index >= 15 is 0 Å². The molecule has 2 aromatic rings. The Morgan fingerprint density at radius 1 is 1.19 bits per heavy atom. The first-order valence-electron chi connectivity index (χ1n) is 6.75. The summed E-state index contributed by atoms with van der Waals surface area (Å²) in [6.07, 6.45) is 0. The monoisotopic (exact) mass is 288 g/mol. The van der Waals surface area contributed by atoms with Crippen molar-refractivity contribution in [1.82, 2.24) is 4.98 Å². The van der Waals surface area contributed by atoms with Crippen LogP contribution in [0.15, 0.2) is 30.3 Å².